The van der Waals surface area contributed by atoms with E-state index in [0.29, 0.717) is 19.6 Å². The van der Waals surface area contributed by atoms with Crippen molar-refractivity contribution in [2.75, 3.05) is 13.2 Å². The van der Waals surface area contributed by atoms with Crippen molar-refractivity contribution in [2.45, 2.75) is 46.2 Å². The summed E-state index contributed by atoms with van der Waals surface area (Å²) in [4.78, 5) is 11.6. The Hall–Kier alpha value is -1.55. The molecule has 0 unspecified atom stereocenters. The first-order valence-corrected chi connectivity index (χ1v) is 7.37. The highest BCUT2D eigenvalue weighted by Gasteiger charge is 2.04. The smallest absolute Gasteiger partial charge is 0.221 e. The van der Waals surface area contributed by atoms with Gasteiger partial charge in [-0.1, -0.05) is 19.1 Å². The summed E-state index contributed by atoms with van der Waals surface area (Å²) < 4.78 is 5.39. The molecule has 0 heterocycles. The normalized spacial score (nSPS) is 11.9. The highest BCUT2D eigenvalue weighted by molar-refractivity contribution is 5.76. The van der Waals surface area contributed by atoms with Crippen LogP contribution in [0.25, 0.3) is 0 Å². The van der Waals surface area contributed by atoms with Crippen LogP contribution >= 0.6 is 0 Å². The zero-order valence-corrected chi connectivity index (χ0v) is 12.7. The van der Waals surface area contributed by atoms with E-state index < -0.39 is 0 Å². The van der Waals surface area contributed by atoms with Gasteiger partial charge in [-0.25, -0.2) is 0 Å². The van der Waals surface area contributed by atoms with Gasteiger partial charge in [-0.05, 0) is 38.0 Å². The fourth-order valence-corrected chi connectivity index (χ4v) is 1.75. The summed E-state index contributed by atoms with van der Waals surface area (Å²) in [5, 5.41) is 6.23. The Labute approximate surface area is 121 Å². The molecule has 0 aromatic heterocycles. The van der Waals surface area contributed by atoms with E-state index >= 15 is 0 Å². The number of hydrogen-bond donors (Lipinski definition) is 2. The third-order valence-electron chi connectivity index (χ3n) is 3.11. The number of rotatable bonds is 9. The zero-order valence-electron chi connectivity index (χ0n) is 12.7. The van der Waals surface area contributed by atoms with Crippen molar-refractivity contribution in [1.29, 1.82) is 0 Å². The first-order chi connectivity index (χ1) is 9.65. The SMILES string of the molecule is CCOc1ccc(CNCCC(=O)N[C@@H](C)CC)cc1. The molecule has 112 valence electrons. The fraction of sp³-hybridized carbons (Fsp3) is 0.562. The molecule has 0 bridgehead atoms. The maximum atomic E-state index is 11.6. The molecule has 1 aromatic carbocycles. The van der Waals surface area contributed by atoms with Crippen molar-refractivity contribution in [3.05, 3.63) is 29.8 Å². The number of ether oxygens (including phenoxy) is 1. The van der Waals surface area contributed by atoms with Crippen molar-refractivity contribution < 1.29 is 9.53 Å². The second-order valence-corrected chi connectivity index (χ2v) is 4.88. The lowest BCUT2D eigenvalue weighted by Crippen LogP contribution is -2.33. The third kappa shape index (κ3) is 6.57. The second kappa shape index (κ2) is 9.37. The molecule has 1 rings (SSSR count). The van der Waals surface area contributed by atoms with E-state index in [1.165, 1.54) is 5.56 Å². The second-order valence-electron chi connectivity index (χ2n) is 4.88. The Kier molecular flexibility index (Phi) is 7.73. The molecular weight excluding hydrogens is 252 g/mol. The van der Waals surface area contributed by atoms with Crippen LogP contribution < -0.4 is 15.4 Å². The summed E-state index contributed by atoms with van der Waals surface area (Å²) >= 11 is 0. The Morgan fingerprint density at radius 1 is 1.25 bits per heavy atom. The number of carbonyl (C=O) groups is 1. The maximum Gasteiger partial charge on any atom is 0.221 e. The number of carbonyl (C=O) groups excluding carboxylic acids is 1. The van der Waals surface area contributed by atoms with Gasteiger partial charge >= 0.3 is 0 Å². The van der Waals surface area contributed by atoms with Gasteiger partial charge in [-0.3, -0.25) is 4.79 Å². The van der Waals surface area contributed by atoms with Crippen LogP contribution in [0.1, 0.15) is 39.2 Å². The molecule has 0 aliphatic heterocycles. The molecule has 1 aromatic rings. The van der Waals surface area contributed by atoms with E-state index in [9.17, 15) is 4.79 Å². The molecule has 2 N–H and O–H groups in total. The van der Waals surface area contributed by atoms with E-state index in [1.54, 1.807) is 0 Å². The standard InChI is InChI=1S/C16H26N2O2/c1-4-13(3)18-16(19)10-11-17-12-14-6-8-15(9-7-14)20-5-2/h6-9,13,17H,4-5,10-12H2,1-3H3,(H,18,19)/t13-/m0/s1. The van der Waals surface area contributed by atoms with E-state index in [2.05, 4.69) is 17.6 Å². The van der Waals surface area contributed by atoms with Gasteiger partial charge in [-0.15, -0.1) is 0 Å². The van der Waals surface area contributed by atoms with E-state index in [4.69, 9.17) is 4.74 Å². The first kappa shape index (κ1) is 16.5. The van der Waals surface area contributed by atoms with Gasteiger partial charge in [-0.2, -0.15) is 0 Å². The Balaban J connectivity index is 2.19. The minimum absolute atomic E-state index is 0.110. The summed E-state index contributed by atoms with van der Waals surface area (Å²) in [6.07, 6.45) is 1.48. The summed E-state index contributed by atoms with van der Waals surface area (Å²) in [6.45, 7) is 8.20. The maximum absolute atomic E-state index is 11.6. The molecule has 0 aliphatic carbocycles. The largest absolute Gasteiger partial charge is 0.494 e. The molecule has 1 atom stereocenters. The van der Waals surface area contributed by atoms with Crippen LogP contribution in [0.5, 0.6) is 5.75 Å². The highest BCUT2D eigenvalue weighted by atomic mass is 16.5. The van der Waals surface area contributed by atoms with Crippen molar-refractivity contribution >= 4 is 5.91 Å². The molecule has 1 amide bonds. The Bertz CT molecular complexity index is 390. The van der Waals surface area contributed by atoms with Crippen LogP contribution in [0.3, 0.4) is 0 Å². The monoisotopic (exact) mass is 278 g/mol. The van der Waals surface area contributed by atoms with Gasteiger partial charge in [0, 0.05) is 25.6 Å². The number of hydrogen-bond acceptors (Lipinski definition) is 3. The fourth-order valence-electron chi connectivity index (χ4n) is 1.75. The van der Waals surface area contributed by atoms with Crippen molar-refractivity contribution in [3.8, 4) is 5.75 Å². The minimum Gasteiger partial charge on any atom is -0.494 e. The van der Waals surface area contributed by atoms with Crippen molar-refractivity contribution in [1.82, 2.24) is 10.6 Å². The lowest BCUT2D eigenvalue weighted by molar-refractivity contribution is -0.121. The van der Waals surface area contributed by atoms with Gasteiger partial charge < -0.3 is 15.4 Å². The van der Waals surface area contributed by atoms with Gasteiger partial charge in [0.25, 0.3) is 0 Å². The number of nitrogens with one attached hydrogen (secondary N) is 2. The molecule has 0 saturated heterocycles. The van der Waals surface area contributed by atoms with E-state index in [0.717, 1.165) is 18.7 Å². The van der Waals surface area contributed by atoms with E-state index in [1.807, 2.05) is 38.1 Å². The topological polar surface area (TPSA) is 50.4 Å². The summed E-state index contributed by atoms with van der Waals surface area (Å²) in [6, 6.07) is 8.27. The molecule has 4 heteroatoms. The average Bonchev–Trinajstić information content (AvgIpc) is 2.45. The van der Waals surface area contributed by atoms with Crippen LogP contribution in [-0.4, -0.2) is 25.1 Å². The molecule has 0 saturated carbocycles. The lowest BCUT2D eigenvalue weighted by atomic mass is 10.2. The Morgan fingerprint density at radius 3 is 2.55 bits per heavy atom. The average molecular weight is 278 g/mol. The molecule has 0 radical (unpaired) electrons. The Morgan fingerprint density at radius 2 is 1.95 bits per heavy atom. The first-order valence-electron chi connectivity index (χ1n) is 7.37. The zero-order chi connectivity index (χ0) is 14.8. The number of benzene rings is 1. The van der Waals surface area contributed by atoms with Crippen LogP contribution in [0.2, 0.25) is 0 Å². The quantitative estimate of drug-likeness (QED) is 0.682. The molecule has 20 heavy (non-hydrogen) atoms. The molecule has 0 aliphatic rings. The molecular formula is C16H26N2O2. The summed E-state index contributed by atoms with van der Waals surface area (Å²) in [7, 11) is 0. The van der Waals surface area contributed by atoms with E-state index in [-0.39, 0.29) is 11.9 Å². The lowest BCUT2D eigenvalue weighted by Gasteiger charge is -2.11. The van der Waals surface area contributed by atoms with Gasteiger partial charge in [0.1, 0.15) is 5.75 Å². The minimum atomic E-state index is 0.110. The van der Waals surface area contributed by atoms with Crippen LogP contribution in [0.15, 0.2) is 24.3 Å². The van der Waals surface area contributed by atoms with Crippen LogP contribution in [0.4, 0.5) is 0 Å². The molecule has 4 nitrogen and oxygen atoms in total. The van der Waals surface area contributed by atoms with Gasteiger partial charge in [0.05, 0.1) is 6.61 Å². The molecule has 0 fully saturated rings. The predicted molar refractivity (Wildman–Crippen MR) is 81.8 cm³/mol. The van der Waals surface area contributed by atoms with Crippen molar-refractivity contribution in [2.24, 2.45) is 0 Å². The molecule has 0 spiro atoms. The van der Waals surface area contributed by atoms with Gasteiger partial charge in [0.15, 0.2) is 0 Å². The highest BCUT2D eigenvalue weighted by Crippen LogP contribution is 2.11. The summed E-state index contributed by atoms with van der Waals surface area (Å²) in [5.74, 6) is 1.00. The third-order valence-corrected chi connectivity index (χ3v) is 3.11. The number of amides is 1. The van der Waals surface area contributed by atoms with Gasteiger partial charge in [0.2, 0.25) is 5.91 Å². The van der Waals surface area contributed by atoms with Crippen LogP contribution in [-0.2, 0) is 11.3 Å². The summed E-state index contributed by atoms with van der Waals surface area (Å²) in [5.41, 5.74) is 1.19. The van der Waals surface area contributed by atoms with Crippen LogP contribution in [0, 0.1) is 0 Å². The predicted octanol–water partition coefficient (Wildman–Crippen LogP) is 2.48. The van der Waals surface area contributed by atoms with Crippen molar-refractivity contribution in [3.63, 3.8) is 0 Å².